The fraction of sp³-hybridized carbons (Fsp3) is 0.286. The first-order valence-electron chi connectivity index (χ1n) is 9.12. The SMILES string of the molecule is Cc1ccc(C(=O)NC(c2nc(-c3ccc4c(c3)OCO4)no2)C(C)C)cc1. The summed E-state index contributed by atoms with van der Waals surface area (Å²) in [4.78, 5) is 17.1. The van der Waals surface area contributed by atoms with Crippen LogP contribution in [-0.4, -0.2) is 22.8 Å². The van der Waals surface area contributed by atoms with Crippen molar-refractivity contribution in [2.45, 2.75) is 26.8 Å². The smallest absolute Gasteiger partial charge is 0.251 e. The summed E-state index contributed by atoms with van der Waals surface area (Å²) < 4.78 is 16.2. The van der Waals surface area contributed by atoms with Crippen molar-refractivity contribution in [2.24, 2.45) is 5.92 Å². The molecule has 2 heterocycles. The van der Waals surface area contributed by atoms with E-state index in [2.05, 4.69) is 15.5 Å². The normalized spacial score (nSPS) is 13.6. The van der Waals surface area contributed by atoms with Crippen molar-refractivity contribution in [2.75, 3.05) is 6.79 Å². The molecule has 0 spiro atoms. The first kappa shape index (κ1) is 18.0. The maximum Gasteiger partial charge on any atom is 0.251 e. The standard InChI is InChI=1S/C21H21N3O4/c1-12(2)18(22-20(25)14-6-4-13(3)5-7-14)21-23-19(24-28-21)15-8-9-16-17(10-15)27-11-26-16/h4-10,12,18H,11H2,1-3H3,(H,22,25). The van der Waals surface area contributed by atoms with E-state index < -0.39 is 6.04 Å². The number of hydrogen-bond acceptors (Lipinski definition) is 6. The molecule has 1 aliphatic rings. The fourth-order valence-electron chi connectivity index (χ4n) is 2.96. The molecule has 2 aromatic carbocycles. The molecule has 0 bridgehead atoms. The summed E-state index contributed by atoms with van der Waals surface area (Å²) in [7, 11) is 0. The van der Waals surface area contributed by atoms with E-state index in [1.807, 2.05) is 51.1 Å². The van der Waals surface area contributed by atoms with Crippen molar-refractivity contribution in [1.82, 2.24) is 15.5 Å². The molecule has 1 atom stereocenters. The first-order valence-corrected chi connectivity index (χ1v) is 9.12. The molecule has 1 aromatic heterocycles. The summed E-state index contributed by atoms with van der Waals surface area (Å²) in [5.41, 5.74) is 2.45. The van der Waals surface area contributed by atoms with Crippen LogP contribution in [0.2, 0.25) is 0 Å². The van der Waals surface area contributed by atoms with Gasteiger partial charge in [-0.25, -0.2) is 0 Å². The zero-order chi connectivity index (χ0) is 19.7. The van der Waals surface area contributed by atoms with Gasteiger partial charge in [0.2, 0.25) is 18.5 Å². The van der Waals surface area contributed by atoms with Crippen molar-refractivity contribution in [3.63, 3.8) is 0 Å². The van der Waals surface area contributed by atoms with Crippen LogP contribution in [0.25, 0.3) is 11.4 Å². The Hall–Kier alpha value is -3.35. The van der Waals surface area contributed by atoms with E-state index in [0.29, 0.717) is 28.8 Å². The molecule has 0 saturated heterocycles. The van der Waals surface area contributed by atoms with E-state index in [1.165, 1.54) is 0 Å². The zero-order valence-electron chi connectivity index (χ0n) is 15.9. The molecule has 4 rings (SSSR count). The Labute approximate surface area is 162 Å². The van der Waals surface area contributed by atoms with Crippen molar-refractivity contribution in [1.29, 1.82) is 0 Å². The molecular formula is C21H21N3O4. The predicted octanol–water partition coefficient (Wildman–Crippen LogP) is 3.90. The van der Waals surface area contributed by atoms with Crippen LogP contribution in [0.4, 0.5) is 0 Å². The second-order valence-electron chi connectivity index (χ2n) is 7.09. The second-order valence-corrected chi connectivity index (χ2v) is 7.09. The maximum atomic E-state index is 12.6. The van der Waals surface area contributed by atoms with Crippen LogP contribution in [0, 0.1) is 12.8 Å². The van der Waals surface area contributed by atoms with Gasteiger partial charge in [-0.3, -0.25) is 4.79 Å². The molecule has 0 saturated carbocycles. The van der Waals surface area contributed by atoms with Gasteiger partial charge in [-0.15, -0.1) is 0 Å². The van der Waals surface area contributed by atoms with Crippen LogP contribution in [-0.2, 0) is 0 Å². The Bertz CT molecular complexity index is 995. The number of aryl methyl sites for hydroxylation is 1. The number of fused-ring (bicyclic) bond motifs is 1. The van der Waals surface area contributed by atoms with E-state index in [1.54, 1.807) is 12.1 Å². The van der Waals surface area contributed by atoms with Gasteiger partial charge in [-0.2, -0.15) is 4.98 Å². The minimum Gasteiger partial charge on any atom is -0.454 e. The van der Waals surface area contributed by atoms with Gasteiger partial charge >= 0.3 is 0 Å². The highest BCUT2D eigenvalue weighted by molar-refractivity contribution is 5.94. The number of benzene rings is 2. The number of ether oxygens (including phenoxy) is 2. The van der Waals surface area contributed by atoms with Crippen molar-refractivity contribution in [3.8, 4) is 22.9 Å². The number of carbonyl (C=O) groups is 1. The van der Waals surface area contributed by atoms with Crippen molar-refractivity contribution in [3.05, 3.63) is 59.5 Å². The molecule has 1 aliphatic heterocycles. The number of carbonyl (C=O) groups excluding carboxylic acids is 1. The molecule has 1 unspecified atom stereocenters. The Kier molecular flexibility index (Phi) is 4.73. The Morgan fingerprint density at radius 1 is 1.07 bits per heavy atom. The van der Waals surface area contributed by atoms with Gasteiger partial charge in [0.25, 0.3) is 5.91 Å². The fourth-order valence-corrected chi connectivity index (χ4v) is 2.96. The van der Waals surface area contributed by atoms with Crippen molar-refractivity contribution < 1.29 is 18.8 Å². The summed E-state index contributed by atoms with van der Waals surface area (Å²) in [6, 6.07) is 12.5. The molecule has 0 fully saturated rings. The van der Waals surface area contributed by atoms with Gasteiger partial charge < -0.3 is 19.3 Å². The van der Waals surface area contributed by atoms with Gasteiger partial charge in [0, 0.05) is 11.1 Å². The average Bonchev–Trinajstić information content (AvgIpc) is 3.35. The number of hydrogen-bond donors (Lipinski definition) is 1. The van der Waals surface area contributed by atoms with E-state index in [-0.39, 0.29) is 18.6 Å². The monoisotopic (exact) mass is 379 g/mol. The van der Waals surface area contributed by atoms with Gasteiger partial charge in [-0.05, 0) is 43.2 Å². The predicted molar refractivity (Wildman–Crippen MR) is 102 cm³/mol. The number of nitrogens with one attached hydrogen (secondary N) is 1. The quantitative estimate of drug-likeness (QED) is 0.723. The molecule has 28 heavy (non-hydrogen) atoms. The number of amides is 1. The lowest BCUT2D eigenvalue weighted by Gasteiger charge is -2.18. The molecular weight excluding hydrogens is 358 g/mol. The highest BCUT2D eigenvalue weighted by Crippen LogP contribution is 2.35. The Morgan fingerprint density at radius 2 is 1.82 bits per heavy atom. The summed E-state index contributed by atoms with van der Waals surface area (Å²) in [6.45, 7) is 6.17. The van der Waals surface area contributed by atoms with E-state index in [9.17, 15) is 4.79 Å². The largest absolute Gasteiger partial charge is 0.454 e. The lowest BCUT2D eigenvalue weighted by atomic mass is 10.0. The van der Waals surface area contributed by atoms with Gasteiger partial charge in [0.05, 0.1) is 0 Å². The summed E-state index contributed by atoms with van der Waals surface area (Å²) in [5.74, 6) is 2.03. The molecule has 0 radical (unpaired) electrons. The summed E-state index contributed by atoms with van der Waals surface area (Å²) in [6.07, 6.45) is 0. The molecule has 0 aliphatic carbocycles. The van der Waals surface area contributed by atoms with E-state index >= 15 is 0 Å². The highest BCUT2D eigenvalue weighted by Gasteiger charge is 2.26. The molecule has 144 valence electrons. The molecule has 7 heteroatoms. The third-order valence-corrected chi connectivity index (χ3v) is 4.61. The third kappa shape index (κ3) is 3.55. The van der Waals surface area contributed by atoms with Gasteiger partial charge in [-0.1, -0.05) is 36.7 Å². The van der Waals surface area contributed by atoms with Crippen LogP contribution in [0.5, 0.6) is 11.5 Å². The van der Waals surface area contributed by atoms with Crippen molar-refractivity contribution >= 4 is 5.91 Å². The van der Waals surface area contributed by atoms with Crippen LogP contribution in [0.1, 0.15) is 41.7 Å². The lowest BCUT2D eigenvalue weighted by Crippen LogP contribution is -2.32. The Morgan fingerprint density at radius 3 is 2.57 bits per heavy atom. The van der Waals surface area contributed by atoms with Gasteiger partial charge in [0.15, 0.2) is 11.5 Å². The van der Waals surface area contributed by atoms with E-state index in [0.717, 1.165) is 11.1 Å². The molecule has 3 aromatic rings. The maximum absolute atomic E-state index is 12.6. The lowest BCUT2D eigenvalue weighted by molar-refractivity contribution is 0.0914. The van der Waals surface area contributed by atoms with Gasteiger partial charge in [0.1, 0.15) is 6.04 Å². The topological polar surface area (TPSA) is 86.5 Å². The van der Waals surface area contributed by atoms with Crippen LogP contribution in [0.3, 0.4) is 0 Å². The van der Waals surface area contributed by atoms with Crippen LogP contribution < -0.4 is 14.8 Å². The van der Waals surface area contributed by atoms with E-state index in [4.69, 9.17) is 14.0 Å². The zero-order valence-corrected chi connectivity index (χ0v) is 15.9. The van der Waals surface area contributed by atoms with Crippen LogP contribution in [0.15, 0.2) is 47.0 Å². The number of rotatable bonds is 5. The molecule has 1 amide bonds. The number of nitrogens with zero attached hydrogens (tertiary/aromatic N) is 2. The average molecular weight is 379 g/mol. The summed E-state index contributed by atoms with van der Waals surface area (Å²) >= 11 is 0. The third-order valence-electron chi connectivity index (χ3n) is 4.61. The van der Waals surface area contributed by atoms with Crippen LogP contribution >= 0.6 is 0 Å². The molecule has 1 N–H and O–H groups in total. The highest BCUT2D eigenvalue weighted by atomic mass is 16.7. The first-order chi connectivity index (χ1) is 13.5. The second kappa shape index (κ2) is 7.34. The molecule has 7 nitrogen and oxygen atoms in total. The Balaban J connectivity index is 1.55. The summed E-state index contributed by atoms with van der Waals surface area (Å²) in [5, 5.41) is 7.07. The minimum absolute atomic E-state index is 0.0689. The number of aromatic nitrogens is 2. The minimum atomic E-state index is -0.399.